The molecule has 1 aromatic carbocycles. The van der Waals surface area contributed by atoms with Crippen LogP contribution in [-0.4, -0.2) is 11.0 Å². The largest absolute Gasteiger partial charge is 0.382 e. The molecule has 116 valence electrons. The topological polar surface area (TPSA) is 55.2 Å². The summed E-state index contributed by atoms with van der Waals surface area (Å²) in [5.74, 6) is 0.132. The molecule has 1 aromatic rings. The highest BCUT2D eigenvalue weighted by Crippen LogP contribution is 2.38. The zero-order valence-electron chi connectivity index (χ0n) is 12.9. The summed E-state index contributed by atoms with van der Waals surface area (Å²) in [7, 11) is 0. The SMILES string of the molecule is CC(C)(C)C1CCC(Nc2cc(F)cc([N+](=O)[O-])c2)CC1. The van der Waals surface area contributed by atoms with Gasteiger partial charge in [0.05, 0.1) is 11.0 Å². The molecule has 1 aliphatic rings. The van der Waals surface area contributed by atoms with Crippen LogP contribution in [-0.2, 0) is 0 Å². The summed E-state index contributed by atoms with van der Waals surface area (Å²) in [5, 5.41) is 14.0. The van der Waals surface area contributed by atoms with E-state index in [4.69, 9.17) is 0 Å². The van der Waals surface area contributed by atoms with Gasteiger partial charge < -0.3 is 5.32 Å². The van der Waals surface area contributed by atoms with Crippen LogP contribution >= 0.6 is 0 Å². The predicted octanol–water partition coefficient (Wildman–Crippen LogP) is 4.75. The van der Waals surface area contributed by atoms with E-state index in [9.17, 15) is 14.5 Å². The molecule has 0 heterocycles. The van der Waals surface area contributed by atoms with Crippen LogP contribution < -0.4 is 5.32 Å². The third kappa shape index (κ3) is 4.16. The highest BCUT2D eigenvalue weighted by atomic mass is 19.1. The van der Waals surface area contributed by atoms with Gasteiger partial charge in [0.15, 0.2) is 0 Å². The average Bonchev–Trinajstić information content (AvgIpc) is 2.37. The minimum atomic E-state index is -0.574. The number of non-ortho nitro benzene ring substituents is 1. The van der Waals surface area contributed by atoms with Crippen LogP contribution in [0.4, 0.5) is 15.8 Å². The molecule has 0 saturated heterocycles. The monoisotopic (exact) mass is 294 g/mol. The van der Waals surface area contributed by atoms with Gasteiger partial charge in [-0.1, -0.05) is 20.8 Å². The van der Waals surface area contributed by atoms with Crippen molar-refractivity contribution in [1.82, 2.24) is 0 Å². The molecule has 1 N–H and O–H groups in total. The third-order valence-corrected chi connectivity index (χ3v) is 4.42. The van der Waals surface area contributed by atoms with Crippen LogP contribution in [0.2, 0.25) is 0 Å². The standard InChI is InChI=1S/C16H23FN2O2/c1-16(2,3)11-4-6-13(7-5-11)18-14-8-12(17)9-15(10-14)19(20)21/h8-11,13,18H,4-7H2,1-3H3. The summed E-state index contributed by atoms with van der Waals surface area (Å²) in [5.41, 5.74) is 0.615. The van der Waals surface area contributed by atoms with Gasteiger partial charge in [-0.2, -0.15) is 0 Å². The summed E-state index contributed by atoms with van der Waals surface area (Å²) in [4.78, 5) is 10.2. The molecule has 1 saturated carbocycles. The molecule has 0 bridgehead atoms. The molecule has 0 amide bonds. The maximum atomic E-state index is 13.4. The lowest BCUT2D eigenvalue weighted by Crippen LogP contribution is -2.31. The van der Waals surface area contributed by atoms with Crippen molar-refractivity contribution in [2.45, 2.75) is 52.5 Å². The molecule has 4 nitrogen and oxygen atoms in total. The first-order chi connectivity index (χ1) is 9.75. The van der Waals surface area contributed by atoms with Crippen LogP contribution in [0.5, 0.6) is 0 Å². The lowest BCUT2D eigenvalue weighted by Gasteiger charge is -2.37. The first-order valence-electron chi connectivity index (χ1n) is 7.47. The number of rotatable bonds is 3. The number of nitrogens with zero attached hydrogens (tertiary/aromatic N) is 1. The summed E-state index contributed by atoms with van der Waals surface area (Å²) < 4.78 is 13.4. The molecule has 1 fully saturated rings. The van der Waals surface area contributed by atoms with E-state index in [0.29, 0.717) is 17.0 Å². The Morgan fingerprint density at radius 2 is 1.81 bits per heavy atom. The minimum Gasteiger partial charge on any atom is -0.382 e. The minimum absolute atomic E-state index is 0.208. The number of hydrogen-bond acceptors (Lipinski definition) is 3. The van der Waals surface area contributed by atoms with Gasteiger partial charge in [-0.3, -0.25) is 10.1 Å². The number of nitro benzene ring substituents is 1. The maximum Gasteiger partial charge on any atom is 0.274 e. The fourth-order valence-corrected chi connectivity index (χ4v) is 3.10. The fourth-order valence-electron chi connectivity index (χ4n) is 3.10. The van der Waals surface area contributed by atoms with Gasteiger partial charge in [-0.15, -0.1) is 0 Å². The summed E-state index contributed by atoms with van der Waals surface area (Å²) in [6.07, 6.45) is 4.32. The molecule has 0 unspecified atom stereocenters. The number of halogens is 1. The third-order valence-electron chi connectivity index (χ3n) is 4.42. The van der Waals surface area contributed by atoms with Crippen molar-refractivity contribution in [1.29, 1.82) is 0 Å². The van der Waals surface area contributed by atoms with Crippen molar-refractivity contribution in [2.24, 2.45) is 11.3 Å². The number of anilines is 1. The fraction of sp³-hybridized carbons (Fsp3) is 0.625. The quantitative estimate of drug-likeness (QED) is 0.646. The van der Waals surface area contributed by atoms with E-state index in [1.165, 1.54) is 12.1 Å². The van der Waals surface area contributed by atoms with Crippen molar-refractivity contribution in [3.05, 3.63) is 34.1 Å². The van der Waals surface area contributed by atoms with E-state index in [-0.39, 0.29) is 11.7 Å². The van der Waals surface area contributed by atoms with Gasteiger partial charge >= 0.3 is 0 Å². The summed E-state index contributed by atoms with van der Waals surface area (Å²) >= 11 is 0. The van der Waals surface area contributed by atoms with Crippen LogP contribution in [0.15, 0.2) is 18.2 Å². The molecule has 2 rings (SSSR count). The molecule has 0 aliphatic heterocycles. The first kappa shape index (κ1) is 15.7. The molecular weight excluding hydrogens is 271 g/mol. The number of benzene rings is 1. The van der Waals surface area contributed by atoms with E-state index < -0.39 is 10.7 Å². The van der Waals surface area contributed by atoms with Crippen molar-refractivity contribution in [2.75, 3.05) is 5.32 Å². The Kier molecular flexibility index (Phi) is 4.49. The zero-order chi connectivity index (χ0) is 15.6. The van der Waals surface area contributed by atoms with Gasteiger partial charge in [0, 0.05) is 17.8 Å². The second-order valence-corrected chi connectivity index (χ2v) is 7.01. The van der Waals surface area contributed by atoms with E-state index in [2.05, 4.69) is 26.1 Å². The lowest BCUT2D eigenvalue weighted by atomic mass is 9.71. The van der Waals surface area contributed by atoms with Gasteiger partial charge in [0.25, 0.3) is 5.69 Å². The molecule has 0 spiro atoms. The maximum absolute atomic E-state index is 13.4. The normalized spacial score (nSPS) is 22.9. The Morgan fingerprint density at radius 3 is 2.33 bits per heavy atom. The zero-order valence-corrected chi connectivity index (χ0v) is 12.9. The molecule has 5 heteroatoms. The number of nitro groups is 1. The first-order valence-corrected chi connectivity index (χ1v) is 7.47. The second kappa shape index (κ2) is 6.00. The van der Waals surface area contributed by atoms with Crippen molar-refractivity contribution in [3.8, 4) is 0 Å². The number of hydrogen-bond donors (Lipinski definition) is 1. The Balaban J connectivity index is 1.99. The van der Waals surface area contributed by atoms with Crippen LogP contribution in [0.3, 0.4) is 0 Å². The summed E-state index contributed by atoms with van der Waals surface area (Å²) in [6, 6.07) is 3.94. The van der Waals surface area contributed by atoms with Crippen LogP contribution in [0.1, 0.15) is 46.5 Å². The highest BCUT2D eigenvalue weighted by Gasteiger charge is 2.29. The number of nitrogens with one attached hydrogen (secondary N) is 1. The molecular formula is C16H23FN2O2. The van der Waals surface area contributed by atoms with E-state index in [1.807, 2.05) is 0 Å². The van der Waals surface area contributed by atoms with Crippen LogP contribution in [0, 0.1) is 27.3 Å². The van der Waals surface area contributed by atoms with Crippen molar-refractivity contribution < 1.29 is 9.31 Å². The second-order valence-electron chi connectivity index (χ2n) is 7.01. The van der Waals surface area contributed by atoms with Gasteiger partial charge in [-0.05, 0) is 43.1 Å². The Bertz CT molecular complexity index is 517. The Labute approximate surface area is 124 Å². The molecule has 1 aliphatic carbocycles. The van der Waals surface area contributed by atoms with Crippen molar-refractivity contribution >= 4 is 11.4 Å². The van der Waals surface area contributed by atoms with Crippen molar-refractivity contribution in [3.63, 3.8) is 0 Å². The Hall–Kier alpha value is -1.65. The smallest absolute Gasteiger partial charge is 0.274 e. The Morgan fingerprint density at radius 1 is 1.19 bits per heavy atom. The van der Waals surface area contributed by atoms with Gasteiger partial charge in [0.2, 0.25) is 0 Å². The van der Waals surface area contributed by atoms with Gasteiger partial charge in [-0.25, -0.2) is 4.39 Å². The molecule has 0 radical (unpaired) electrons. The predicted molar refractivity (Wildman–Crippen MR) is 81.9 cm³/mol. The summed E-state index contributed by atoms with van der Waals surface area (Å²) in [6.45, 7) is 6.80. The highest BCUT2D eigenvalue weighted by molar-refractivity contribution is 5.52. The average molecular weight is 294 g/mol. The van der Waals surface area contributed by atoms with E-state index >= 15 is 0 Å². The van der Waals surface area contributed by atoms with Gasteiger partial charge in [0.1, 0.15) is 5.82 Å². The van der Waals surface area contributed by atoms with Crippen LogP contribution in [0.25, 0.3) is 0 Å². The van der Waals surface area contributed by atoms with E-state index in [1.54, 1.807) is 0 Å². The molecule has 0 atom stereocenters. The molecule has 21 heavy (non-hydrogen) atoms. The van der Waals surface area contributed by atoms with E-state index in [0.717, 1.165) is 31.7 Å². The lowest BCUT2D eigenvalue weighted by molar-refractivity contribution is -0.385. The molecule has 0 aromatic heterocycles.